The molecule has 6 nitrogen and oxygen atoms in total. The highest BCUT2D eigenvalue weighted by Crippen LogP contribution is 2.18. The Bertz CT molecular complexity index is 434. The molecule has 1 amide bonds. The average molecular weight is 251 g/mol. The Balaban J connectivity index is 2.07. The standard InChI is InChI=1S/C12H21N5O/c1-15-6-4-9(5-7-15)17(3)12(18)11-10(13)8-16(2)14-11/h8-9H,4-7,13H2,1-3H3. The minimum atomic E-state index is -0.0809. The number of carbonyl (C=O) groups is 1. The van der Waals surface area contributed by atoms with Crippen LogP contribution in [0, 0.1) is 0 Å². The number of anilines is 1. The fourth-order valence-electron chi connectivity index (χ4n) is 2.39. The van der Waals surface area contributed by atoms with E-state index in [-0.39, 0.29) is 11.9 Å². The number of aryl methyl sites for hydroxylation is 1. The summed E-state index contributed by atoms with van der Waals surface area (Å²) in [5.41, 5.74) is 6.60. The molecule has 0 bridgehead atoms. The Morgan fingerprint density at radius 2 is 2.06 bits per heavy atom. The molecular weight excluding hydrogens is 230 g/mol. The molecule has 0 atom stereocenters. The van der Waals surface area contributed by atoms with E-state index in [1.165, 1.54) is 0 Å². The highest BCUT2D eigenvalue weighted by Gasteiger charge is 2.27. The maximum absolute atomic E-state index is 12.3. The minimum absolute atomic E-state index is 0.0809. The van der Waals surface area contributed by atoms with Gasteiger partial charge in [-0.25, -0.2) is 0 Å². The van der Waals surface area contributed by atoms with Gasteiger partial charge in [-0.2, -0.15) is 5.10 Å². The summed E-state index contributed by atoms with van der Waals surface area (Å²) in [6.07, 6.45) is 3.67. The first-order valence-corrected chi connectivity index (χ1v) is 6.24. The predicted octanol–water partition coefficient (Wildman–Crippen LogP) is 0.169. The zero-order valence-corrected chi connectivity index (χ0v) is 11.3. The van der Waals surface area contributed by atoms with Gasteiger partial charge in [-0.1, -0.05) is 0 Å². The largest absolute Gasteiger partial charge is 0.396 e. The van der Waals surface area contributed by atoms with E-state index in [4.69, 9.17) is 5.73 Å². The summed E-state index contributed by atoms with van der Waals surface area (Å²) in [4.78, 5) is 16.4. The molecule has 2 rings (SSSR count). The van der Waals surface area contributed by atoms with E-state index in [0.29, 0.717) is 11.4 Å². The summed E-state index contributed by atoms with van der Waals surface area (Å²) in [5, 5.41) is 4.13. The van der Waals surface area contributed by atoms with Crippen molar-refractivity contribution in [3.63, 3.8) is 0 Å². The molecule has 1 aliphatic heterocycles. The molecule has 1 aliphatic rings. The number of piperidine rings is 1. The third-order valence-electron chi connectivity index (χ3n) is 3.62. The van der Waals surface area contributed by atoms with Crippen molar-refractivity contribution in [2.45, 2.75) is 18.9 Å². The molecule has 0 saturated carbocycles. The van der Waals surface area contributed by atoms with Gasteiger partial charge in [0.2, 0.25) is 0 Å². The number of hydrogen-bond donors (Lipinski definition) is 1. The number of hydrogen-bond acceptors (Lipinski definition) is 4. The monoisotopic (exact) mass is 251 g/mol. The summed E-state index contributed by atoms with van der Waals surface area (Å²) in [5.74, 6) is -0.0809. The van der Waals surface area contributed by atoms with Crippen LogP contribution in [0.5, 0.6) is 0 Å². The van der Waals surface area contributed by atoms with Crippen molar-refractivity contribution in [3.05, 3.63) is 11.9 Å². The Morgan fingerprint density at radius 3 is 2.56 bits per heavy atom. The first kappa shape index (κ1) is 12.9. The third-order valence-corrected chi connectivity index (χ3v) is 3.62. The van der Waals surface area contributed by atoms with E-state index in [2.05, 4.69) is 17.0 Å². The van der Waals surface area contributed by atoms with Crippen LogP contribution in [0.1, 0.15) is 23.3 Å². The zero-order chi connectivity index (χ0) is 13.3. The first-order chi connectivity index (χ1) is 8.49. The second-order valence-electron chi connectivity index (χ2n) is 5.06. The molecule has 1 saturated heterocycles. The number of nitrogens with zero attached hydrogens (tertiary/aromatic N) is 4. The van der Waals surface area contributed by atoms with Crippen LogP contribution in [0.2, 0.25) is 0 Å². The van der Waals surface area contributed by atoms with Crippen molar-refractivity contribution in [2.75, 3.05) is 32.9 Å². The smallest absolute Gasteiger partial charge is 0.276 e. The van der Waals surface area contributed by atoms with Crippen LogP contribution in [0.4, 0.5) is 5.69 Å². The van der Waals surface area contributed by atoms with E-state index in [0.717, 1.165) is 25.9 Å². The number of rotatable bonds is 2. The number of carbonyl (C=O) groups excluding carboxylic acids is 1. The number of nitrogens with two attached hydrogens (primary N) is 1. The number of aromatic nitrogens is 2. The molecule has 0 radical (unpaired) electrons. The molecule has 6 heteroatoms. The Morgan fingerprint density at radius 1 is 1.44 bits per heavy atom. The lowest BCUT2D eigenvalue weighted by Crippen LogP contribution is -2.44. The fraction of sp³-hybridized carbons (Fsp3) is 0.667. The van der Waals surface area contributed by atoms with Crippen molar-refractivity contribution < 1.29 is 4.79 Å². The van der Waals surface area contributed by atoms with Crippen LogP contribution < -0.4 is 5.73 Å². The van der Waals surface area contributed by atoms with Crippen LogP contribution in [0.25, 0.3) is 0 Å². The molecule has 1 fully saturated rings. The Hall–Kier alpha value is -1.56. The fourth-order valence-corrected chi connectivity index (χ4v) is 2.39. The number of nitrogen functional groups attached to an aromatic ring is 1. The van der Waals surface area contributed by atoms with E-state index >= 15 is 0 Å². The van der Waals surface area contributed by atoms with Gasteiger partial charge >= 0.3 is 0 Å². The second kappa shape index (κ2) is 4.97. The zero-order valence-electron chi connectivity index (χ0n) is 11.3. The van der Waals surface area contributed by atoms with Crippen LogP contribution in [-0.2, 0) is 7.05 Å². The highest BCUT2D eigenvalue weighted by molar-refractivity contribution is 5.97. The molecule has 0 aromatic carbocycles. The maximum Gasteiger partial charge on any atom is 0.276 e. The Kier molecular flexibility index (Phi) is 3.56. The van der Waals surface area contributed by atoms with Gasteiger partial charge in [0, 0.05) is 26.3 Å². The van der Waals surface area contributed by atoms with E-state index < -0.39 is 0 Å². The van der Waals surface area contributed by atoms with Gasteiger partial charge in [-0.15, -0.1) is 0 Å². The van der Waals surface area contributed by atoms with E-state index in [1.54, 1.807) is 22.8 Å². The van der Waals surface area contributed by atoms with Crippen molar-refractivity contribution in [1.29, 1.82) is 0 Å². The summed E-state index contributed by atoms with van der Waals surface area (Å²) >= 11 is 0. The topological polar surface area (TPSA) is 67.4 Å². The van der Waals surface area contributed by atoms with Gasteiger partial charge in [0.25, 0.3) is 5.91 Å². The van der Waals surface area contributed by atoms with E-state index in [9.17, 15) is 4.79 Å². The SMILES string of the molecule is CN1CCC(N(C)C(=O)c2nn(C)cc2N)CC1. The van der Waals surface area contributed by atoms with Crippen LogP contribution in [0.3, 0.4) is 0 Å². The molecule has 2 N–H and O–H groups in total. The van der Waals surface area contributed by atoms with Crippen LogP contribution >= 0.6 is 0 Å². The van der Waals surface area contributed by atoms with Gasteiger partial charge in [0.15, 0.2) is 5.69 Å². The van der Waals surface area contributed by atoms with Crippen molar-refractivity contribution in [3.8, 4) is 0 Å². The summed E-state index contributed by atoms with van der Waals surface area (Å²) in [6.45, 7) is 2.06. The number of amides is 1. The molecule has 100 valence electrons. The molecule has 2 heterocycles. The highest BCUT2D eigenvalue weighted by atomic mass is 16.2. The van der Waals surface area contributed by atoms with Crippen molar-refractivity contribution in [2.24, 2.45) is 7.05 Å². The Labute approximate surface area is 107 Å². The minimum Gasteiger partial charge on any atom is -0.396 e. The van der Waals surface area contributed by atoms with Crippen LogP contribution in [-0.4, -0.2) is 58.7 Å². The lowest BCUT2D eigenvalue weighted by Gasteiger charge is -2.34. The van der Waals surface area contributed by atoms with Crippen molar-refractivity contribution >= 4 is 11.6 Å². The van der Waals surface area contributed by atoms with Gasteiger partial charge in [-0.05, 0) is 33.0 Å². The summed E-state index contributed by atoms with van der Waals surface area (Å²) < 4.78 is 1.57. The maximum atomic E-state index is 12.3. The molecule has 18 heavy (non-hydrogen) atoms. The van der Waals surface area contributed by atoms with E-state index in [1.807, 2.05) is 7.05 Å². The summed E-state index contributed by atoms with van der Waals surface area (Å²) in [7, 11) is 5.71. The van der Waals surface area contributed by atoms with Gasteiger partial charge < -0.3 is 15.5 Å². The molecular formula is C12H21N5O. The third kappa shape index (κ3) is 2.48. The molecule has 1 aromatic rings. The van der Waals surface area contributed by atoms with Gasteiger partial charge in [0.05, 0.1) is 5.69 Å². The number of likely N-dealkylation sites (tertiary alicyclic amines) is 1. The predicted molar refractivity (Wildman–Crippen MR) is 70.2 cm³/mol. The lowest BCUT2D eigenvalue weighted by molar-refractivity contribution is 0.0654. The molecule has 0 spiro atoms. The van der Waals surface area contributed by atoms with Gasteiger partial charge in [0.1, 0.15) is 0 Å². The second-order valence-corrected chi connectivity index (χ2v) is 5.06. The first-order valence-electron chi connectivity index (χ1n) is 6.24. The molecule has 0 unspecified atom stereocenters. The molecule has 1 aromatic heterocycles. The van der Waals surface area contributed by atoms with Crippen LogP contribution in [0.15, 0.2) is 6.20 Å². The molecule has 0 aliphatic carbocycles. The lowest BCUT2D eigenvalue weighted by atomic mass is 10.0. The average Bonchev–Trinajstić information content (AvgIpc) is 2.67. The quantitative estimate of drug-likeness (QED) is 0.813. The van der Waals surface area contributed by atoms with Gasteiger partial charge in [-0.3, -0.25) is 9.48 Å². The normalized spacial score (nSPS) is 17.9. The summed E-state index contributed by atoms with van der Waals surface area (Å²) in [6, 6.07) is 0.287. The van der Waals surface area contributed by atoms with Crippen molar-refractivity contribution in [1.82, 2.24) is 19.6 Å².